The minimum atomic E-state index is -4.53. The van der Waals surface area contributed by atoms with Crippen LogP contribution in [0.2, 0.25) is 0 Å². The summed E-state index contributed by atoms with van der Waals surface area (Å²) >= 11 is 1.11. The Morgan fingerprint density at radius 2 is 1.44 bits per heavy atom. The zero-order valence-electron chi connectivity index (χ0n) is 17.0. The number of nitrogens with zero attached hydrogens (tertiary/aromatic N) is 3. The summed E-state index contributed by atoms with van der Waals surface area (Å²) in [7, 11) is 0. The number of hydrogen-bond acceptors (Lipinski definition) is 4. The molecule has 0 atom stereocenters. The van der Waals surface area contributed by atoms with Crippen molar-refractivity contribution in [2.45, 2.75) is 6.18 Å². The van der Waals surface area contributed by atoms with E-state index in [9.17, 15) is 26.7 Å². The van der Waals surface area contributed by atoms with Crippen LogP contribution >= 0.6 is 11.3 Å². The second-order valence-corrected chi connectivity index (χ2v) is 8.17. The number of benzene rings is 3. The molecule has 5 aromatic rings. The molecular weight excluding hydrogens is 473 g/mol. The van der Waals surface area contributed by atoms with Gasteiger partial charge in [-0.05, 0) is 48.5 Å². The van der Waals surface area contributed by atoms with Gasteiger partial charge in [0.1, 0.15) is 17.5 Å². The van der Waals surface area contributed by atoms with Crippen molar-refractivity contribution < 1.29 is 22.0 Å². The number of alkyl halides is 3. The minimum absolute atomic E-state index is 0.0110. The zero-order chi connectivity index (χ0) is 24.0. The topological polar surface area (TPSA) is 47.8 Å². The van der Waals surface area contributed by atoms with E-state index in [4.69, 9.17) is 0 Å². The van der Waals surface area contributed by atoms with Gasteiger partial charge in [-0.2, -0.15) is 13.2 Å². The molecule has 4 nitrogen and oxygen atoms in total. The Kier molecular flexibility index (Phi) is 5.24. The summed E-state index contributed by atoms with van der Waals surface area (Å²) in [6.07, 6.45) is -4.53. The Balaban J connectivity index is 1.72. The van der Waals surface area contributed by atoms with Gasteiger partial charge in [-0.15, -0.1) is 11.3 Å². The van der Waals surface area contributed by atoms with Crippen molar-refractivity contribution in [1.29, 1.82) is 0 Å². The van der Waals surface area contributed by atoms with Crippen LogP contribution in [0.15, 0.2) is 76.9 Å². The fourth-order valence-electron chi connectivity index (χ4n) is 3.46. The van der Waals surface area contributed by atoms with Crippen LogP contribution in [0, 0.1) is 11.6 Å². The van der Waals surface area contributed by atoms with E-state index in [0.29, 0.717) is 11.3 Å². The summed E-state index contributed by atoms with van der Waals surface area (Å²) in [4.78, 5) is 22.2. The predicted molar refractivity (Wildman–Crippen MR) is 119 cm³/mol. The Labute approximate surface area is 192 Å². The molecule has 34 heavy (non-hydrogen) atoms. The van der Waals surface area contributed by atoms with E-state index in [1.165, 1.54) is 47.0 Å². The van der Waals surface area contributed by atoms with Crippen molar-refractivity contribution in [3.05, 3.63) is 99.7 Å². The molecule has 0 bridgehead atoms. The number of rotatable bonds is 3. The monoisotopic (exact) mass is 485 g/mol. The molecule has 0 saturated heterocycles. The normalized spacial score (nSPS) is 11.8. The van der Waals surface area contributed by atoms with Crippen molar-refractivity contribution in [3.8, 4) is 27.8 Å². The summed E-state index contributed by atoms with van der Waals surface area (Å²) in [5, 5.41) is 1.99. The van der Waals surface area contributed by atoms with Gasteiger partial charge in [0.25, 0.3) is 5.56 Å². The molecule has 0 aliphatic carbocycles. The van der Waals surface area contributed by atoms with Crippen LogP contribution in [0.3, 0.4) is 0 Å². The van der Waals surface area contributed by atoms with E-state index in [1.54, 1.807) is 5.38 Å². The van der Waals surface area contributed by atoms with E-state index in [2.05, 4.69) is 9.97 Å². The highest BCUT2D eigenvalue weighted by atomic mass is 32.1. The van der Waals surface area contributed by atoms with Crippen molar-refractivity contribution >= 4 is 22.2 Å². The van der Waals surface area contributed by atoms with Crippen molar-refractivity contribution in [2.24, 2.45) is 0 Å². The third-order valence-corrected chi connectivity index (χ3v) is 5.95. The molecule has 0 fully saturated rings. The van der Waals surface area contributed by atoms with E-state index in [0.717, 1.165) is 35.6 Å². The number of fused-ring (bicyclic) bond motifs is 1. The maximum Gasteiger partial charge on any atom is 0.416 e. The summed E-state index contributed by atoms with van der Waals surface area (Å²) < 4.78 is 67.4. The Morgan fingerprint density at radius 3 is 2.12 bits per heavy atom. The first kappa shape index (κ1) is 21.9. The Bertz CT molecular complexity index is 1570. The first-order valence-electron chi connectivity index (χ1n) is 9.82. The van der Waals surface area contributed by atoms with E-state index in [-0.39, 0.29) is 27.4 Å². The fourth-order valence-corrected chi connectivity index (χ4v) is 4.29. The standard InChI is InChI=1S/C24H12F5N3OS/c25-16-7-3-13(4-8-16)20-12-34-23(31-20)32-21(14-1-5-15(6-2-14)24(27,28)29)30-19-11-17(26)9-10-18(19)22(32)33/h1-12H. The molecule has 0 aliphatic heterocycles. The molecule has 170 valence electrons. The SMILES string of the molecule is O=c1c2ccc(F)cc2nc(-c2ccc(C(F)(F)F)cc2)n1-c1nc(-c2ccc(F)cc2)cs1. The van der Waals surface area contributed by atoms with Crippen LogP contribution in [0.1, 0.15) is 5.56 Å². The quantitative estimate of drug-likeness (QED) is 0.275. The first-order chi connectivity index (χ1) is 16.2. The van der Waals surface area contributed by atoms with Gasteiger partial charge in [-0.25, -0.2) is 23.3 Å². The third kappa shape index (κ3) is 3.96. The number of hydrogen-bond donors (Lipinski definition) is 0. The van der Waals surface area contributed by atoms with Gasteiger partial charge in [0, 0.05) is 22.6 Å². The maximum absolute atomic E-state index is 13.8. The molecule has 10 heteroatoms. The first-order valence-corrected chi connectivity index (χ1v) is 10.7. The Morgan fingerprint density at radius 1 is 0.794 bits per heavy atom. The number of thiazole rings is 1. The van der Waals surface area contributed by atoms with Gasteiger partial charge < -0.3 is 0 Å². The van der Waals surface area contributed by atoms with Crippen molar-refractivity contribution in [2.75, 3.05) is 0 Å². The second kappa shape index (κ2) is 8.14. The van der Waals surface area contributed by atoms with Gasteiger partial charge in [-0.3, -0.25) is 4.79 Å². The largest absolute Gasteiger partial charge is 0.416 e. The molecule has 0 N–H and O–H groups in total. The number of halogens is 5. The highest BCUT2D eigenvalue weighted by Crippen LogP contribution is 2.32. The average molecular weight is 485 g/mol. The molecule has 0 amide bonds. The van der Waals surface area contributed by atoms with E-state index < -0.39 is 28.9 Å². The molecule has 2 aromatic heterocycles. The lowest BCUT2D eigenvalue weighted by Gasteiger charge is -2.13. The molecule has 0 saturated carbocycles. The fraction of sp³-hybridized carbons (Fsp3) is 0.0417. The van der Waals surface area contributed by atoms with E-state index in [1.807, 2.05) is 0 Å². The molecule has 5 rings (SSSR count). The average Bonchev–Trinajstić information content (AvgIpc) is 3.28. The molecule has 3 aromatic carbocycles. The molecule has 0 unspecified atom stereocenters. The summed E-state index contributed by atoms with van der Waals surface area (Å²) in [5.41, 5.74) is -0.0423. The van der Waals surface area contributed by atoms with Crippen LogP contribution in [-0.2, 0) is 6.18 Å². The van der Waals surface area contributed by atoms with Crippen molar-refractivity contribution in [3.63, 3.8) is 0 Å². The zero-order valence-corrected chi connectivity index (χ0v) is 17.8. The minimum Gasteiger partial charge on any atom is -0.268 e. The molecular formula is C24H12F5N3OS. The maximum atomic E-state index is 13.8. The van der Waals surface area contributed by atoms with Crippen LogP contribution < -0.4 is 5.56 Å². The molecule has 0 radical (unpaired) electrons. The van der Waals surface area contributed by atoms with E-state index >= 15 is 0 Å². The van der Waals surface area contributed by atoms with Crippen LogP contribution in [0.5, 0.6) is 0 Å². The summed E-state index contributed by atoms with van der Waals surface area (Å²) in [5.74, 6) is -1.01. The molecule has 2 heterocycles. The number of aromatic nitrogens is 3. The smallest absolute Gasteiger partial charge is 0.268 e. The lowest BCUT2D eigenvalue weighted by molar-refractivity contribution is -0.137. The van der Waals surface area contributed by atoms with Crippen LogP contribution in [0.25, 0.3) is 38.7 Å². The van der Waals surface area contributed by atoms with Crippen LogP contribution in [-0.4, -0.2) is 14.5 Å². The van der Waals surface area contributed by atoms with Crippen molar-refractivity contribution in [1.82, 2.24) is 14.5 Å². The predicted octanol–water partition coefficient (Wildman–Crippen LogP) is 6.47. The third-order valence-electron chi connectivity index (χ3n) is 5.13. The molecule has 0 aliphatic rings. The highest BCUT2D eigenvalue weighted by Gasteiger charge is 2.30. The lowest BCUT2D eigenvalue weighted by atomic mass is 10.1. The summed E-state index contributed by atoms with van der Waals surface area (Å²) in [6.45, 7) is 0. The Hall–Kier alpha value is -3.92. The second-order valence-electron chi connectivity index (χ2n) is 7.33. The van der Waals surface area contributed by atoms with Crippen LogP contribution in [0.4, 0.5) is 22.0 Å². The van der Waals surface area contributed by atoms with Gasteiger partial charge >= 0.3 is 6.18 Å². The van der Waals surface area contributed by atoms with Gasteiger partial charge in [0.15, 0.2) is 5.13 Å². The van der Waals surface area contributed by atoms with Gasteiger partial charge in [-0.1, -0.05) is 12.1 Å². The molecule has 0 spiro atoms. The van der Waals surface area contributed by atoms with Gasteiger partial charge in [0.2, 0.25) is 0 Å². The lowest BCUT2D eigenvalue weighted by Crippen LogP contribution is -2.22. The summed E-state index contributed by atoms with van der Waals surface area (Å²) in [6, 6.07) is 13.3. The highest BCUT2D eigenvalue weighted by molar-refractivity contribution is 7.12. The van der Waals surface area contributed by atoms with Gasteiger partial charge in [0.05, 0.1) is 22.2 Å².